The van der Waals surface area contributed by atoms with Crippen LogP contribution in [0, 0.1) is 11.3 Å². The molecule has 0 saturated carbocycles. The quantitative estimate of drug-likeness (QED) is 0.425. The van der Waals surface area contributed by atoms with E-state index in [1.54, 1.807) is 19.4 Å². The Morgan fingerprint density at radius 1 is 1.60 bits per heavy atom. The Morgan fingerprint density at radius 2 is 2.40 bits per heavy atom. The van der Waals surface area contributed by atoms with Crippen molar-refractivity contribution in [2.75, 3.05) is 20.3 Å². The van der Waals surface area contributed by atoms with Crippen molar-refractivity contribution in [3.05, 3.63) is 12.3 Å². The zero-order chi connectivity index (χ0) is 7.66. The number of ether oxygens (including phenoxy) is 2. The summed E-state index contributed by atoms with van der Waals surface area (Å²) in [6, 6.07) is 1.98. The summed E-state index contributed by atoms with van der Waals surface area (Å²) in [7, 11) is 1.58. The van der Waals surface area contributed by atoms with E-state index in [9.17, 15) is 0 Å². The molecule has 0 heterocycles. The molecule has 0 N–H and O–H groups in total. The lowest BCUT2D eigenvalue weighted by molar-refractivity contribution is 0.166. The van der Waals surface area contributed by atoms with E-state index in [4.69, 9.17) is 10.00 Å². The summed E-state index contributed by atoms with van der Waals surface area (Å²) < 4.78 is 9.61. The van der Waals surface area contributed by atoms with Gasteiger partial charge >= 0.3 is 0 Å². The third kappa shape index (κ3) is 6.99. The monoisotopic (exact) mass is 141 g/mol. The van der Waals surface area contributed by atoms with Crippen molar-refractivity contribution in [1.29, 1.82) is 5.26 Å². The van der Waals surface area contributed by atoms with Gasteiger partial charge in [-0.15, -0.1) is 0 Å². The van der Waals surface area contributed by atoms with Crippen LogP contribution >= 0.6 is 0 Å². The van der Waals surface area contributed by atoms with Crippen molar-refractivity contribution in [1.82, 2.24) is 0 Å². The second-order valence-electron chi connectivity index (χ2n) is 1.59. The van der Waals surface area contributed by atoms with Crippen molar-refractivity contribution in [2.45, 2.75) is 6.42 Å². The van der Waals surface area contributed by atoms with Crippen LogP contribution in [0.15, 0.2) is 12.3 Å². The Balaban J connectivity index is 2.92. The first kappa shape index (κ1) is 8.99. The SMILES string of the molecule is CO/C=C/COCCC#N. The highest BCUT2D eigenvalue weighted by molar-refractivity contribution is 4.73. The average molecular weight is 141 g/mol. The Labute approximate surface area is 60.9 Å². The van der Waals surface area contributed by atoms with Crippen LogP contribution in [-0.2, 0) is 9.47 Å². The van der Waals surface area contributed by atoms with Gasteiger partial charge in [0, 0.05) is 0 Å². The molecule has 0 saturated heterocycles. The molecule has 0 atom stereocenters. The third-order valence-corrected chi connectivity index (χ3v) is 0.805. The van der Waals surface area contributed by atoms with Gasteiger partial charge in [0.1, 0.15) is 0 Å². The fraction of sp³-hybridized carbons (Fsp3) is 0.571. The first-order valence-electron chi connectivity index (χ1n) is 3.04. The molecule has 0 spiro atoms. The summed E-state index contributed by atoms with van der Waals surface area (Å²) in [6.45, 7) is 1.00. The van der Waals surface area contributed by atoms with Gasteiger partial charge in [0.15, 0.2) is 0 Å². The second-order valence-corrected chi connectivity index (χ2v) is 1.59. The Hall–Kier alpha value is -1.01. The van der Waals surface area contributed by atoms with Crippen LogP contribution in [0.4, 0.5) is 0 Å². The highest BCUT2D eigenvalue weighted by atomic mass is 16.5. The predicted molar refractivity (Wildman–Crippen MR) is 37.2 cm³/mol. The number of hydrogen-bond donors (Lipinski definition) is 0. The molecule has 0 amide bonds. The number of nitriles is 1. The highest BCUT2D eigenvalue weighted by Gasteiger charge is 1.81. The molecule has 3 heteroatoms. The standard InChI is InChI=1S/C7H11NO2/c1-9-5-3-7-10-6-2-4-8/h3,5H,2,6-7H2,1H3/b5-3+. The fourth-order valence-electron chi connectivity index (χ4n) is 0.405. The van der Waals surface area contributed by atoms with E-state index in [-0.39, 0.29) is 0 Å². The Bertz CT molecular complexity index is 126. The van der Waals surface area contributed by atoms with Gasteiger partial charge in [-0.05, 0) is 6.08 Å². The van der Waals surface area contributed by atoms with Crippen LogP contribution in [0.2, 0.25) is 0 Å². The molecule has 0 aromatic carbocycles. The predicted octanol–water partition coefficient (Wildman–Crippen LogP) is 1.08. The zero-order valence-electron chi connectivity index (χ0n) is 6.04. The van der Waals surface area contributed by atoms with E-state index in [1.165, 1.54) is 0 Å². The molecule has 0 aromatic heterocycles. The van der Waals surface area contributed by atoms with E-state index < -0.39 is 0 Å². The Morgan fingerprint density at radius 3 is 3.00 bits per heavy atom. The molecule has 0 radical (unpaired) electrons. The number of methoxy groups -OCH3 is 1. The van der Waals surface area contributed by atoms with Crippen molar-refractivity contribution < 1.29 is 9.47 Å². The van der Waals surface area contributed by atoms with E-state index in [2.05, 4.69) is 4.74 Å². The maximum Gasteiger partial charge on any atom is 0.0807 e. The molecule has 10 heavy (non-hydrogen) atoms. The summed E-state index contributed by atoms with van der Waals surface area (Å²) in [5.74, 6) is 0. The summed E-state index contributed by atoms with van der Waals surface area (Å²) in [5.41, 5.74) is 0. The Kier molecular flexibility index (Phi) is 7.18. The van der Waals surface area contributed by atoms with Crippen molar-refractivity contribution in [3.8, 4) is 6.07 Å². The number of hydrogen-bond acceptors (Lipinski definition) is 3. The fourth-order valence-corrected chi connectivity index (χ4v) is 0.405. The normalized spacial score (nSPS) is 9.60. The molecule has 0 fully saturated rings. The van der Waals surface area contributed by atoms with Gasteiger partial charge in [0.05, 0.1) is 39.1 Å². The molecule has 0 aromatic rings. The largest absolute Gasteiger partial charge is 0.505 e. The molecular weight excluding hydrogens is 130 g/mol. The van der Waals surface area contributed by atoms with Gasteiger partial charge in [-0.25, -0.2) is 0 Å². The first-order valence-corrected chi connectivity index (χ1v) is 3.04. The summed E-state index contributed by atoms with van der Waals surface area (Å²) in [6.07, 6.45) is 3.74. The minimum Gasteiger partial charge on any atom is -0.505 e. The van der Waals surface area contributed by atoms with Gasteiger partial charge in [0.25, 0.3) is 0 Å². The molecule has 3 nitrogen and oxygen atoms in total. The van der Waals surface area contributed by atoms with Gasteiger partial charge in [0.2, 0.25) is 0 Å². The molecule has 0 aliphatic heterocycles. The smallest absolute Gasteiger partial charge is 0.0807 e. The first-order chi connectivity index (χ1) is 4.91. The minimum atomic E-state index is 0.445. The molecule has 0 rings (SSSR count). The lowest BCUT2D eigenvalue weighted by Crippen LogP contribution is -1.92. The van der Waals surface area contributed by atoms with E-state index in [0.29, 0.717) is 19.6 Å². The van der Waals surface area contributed by atoms with E-state index >= 15 is 0 Å². The second kappa shape index (κ2) is 7.99. The average Bonchev–Trinajstić information content (AvgIpc) is 1.97. The summed E-state index contributed by atoms with van der Waals surface area (Å²) >= 11 is 0. The van der Waals surface area contributed by atoms with Crippen LogP contribution in [0.3, 0.4) is 0 Å². The molecule has 0 aliphatic rings. The van der Waals surface area contributed by atoms with Crippen LogP contribution in [-0.4, -0.2) is 20.3 Å². The number of rotatable bonds is 5. The van der Waals surface area contributed by atoms with Gasteiger partial charge < -0.3 is 9.47 Å². The zero-order valence-corrected chi connectivity index (χ0v) is 6.04. The maximum atomic E-state index is 8.10. The van der Waals surface area contributed by atoms with Crippen LogP contribution < -0.4 is 0 Å². The van der Waals surface area contributed by atoms with Crippen LogP contribution in [0.1, 0.15) is 6.42 Å². The van der Waals surface area contributed by atoms with Crippen molar-refractivity contribution in [2.24, 2.45) is 0 Å². The molecule has 56 valence electrons. The summed E-state index contributed by atoms with van der Waals surface area (Å²) in [4.78, 5) is 0. The number of nitrogens with zero attached hydrogens (tertiary/aromatic N) is 1. The molecule has 0 unspecified atom stereocenters. The summed E-state index contributed by atoms with van der Waals surface area (Å²) in [5, 5.41) is 8.10. The van der Waals surface area contributed by atoms with Gasteiger partial charge in [-0.1, -0.05) is 0 Å². The van der Waals surface area contributed by atoms with Gasteiger partial charge in [-0.3, -0.25) is 0 Å². The van der Waals surface area contributed by atoms with Crippen LogP contribution in [0.5, 0.6) is 0 Å². The van der Waals surface area contributed by atoms with E-state index in [0.717, 1.165) is 0 Å². The molecule has 0 aliphatic carbocycles. The highest BCUT2D eigenvalue weighted by Crippen LogP contribution is 1.81. The maximum absolute atomic E-state index is 8.10. The molecular formula is C7H11NO2. The van der Waals surface area contributed by atoms with Crippen LogP contribution in [0.25, 0.3) is 0 Å². The van der Waals surface area contributed by atoms with E-state index in [1.807, 2.05) is 6.07 Å². The minimum absolute atomic E-state index is 0.445. The lowest BCUT2D eigenvalue weighted by atomic mass is 10.5. The van der Waals surface area contributed by atoms with Crippen molar-refractivity contribution >= 4 is 0 Å². The lowest BCUT2D eigenvalue weighted by Gasteiger charge is -1.93. The molecule has 0 bridgehead atoms. The van der Waals surface area contributed by atoms with Gasteiger partial charge in [-0.2, -0.15) is 5.26 Å². The topological polar surface area (TPSA) is 42.2 Å². The third-order valence-electron chi connectivity index (χ3n) is 0.805. The van der Waals surface area contributed by atoms with Crippen molar-refractivity contribution in [3.63, 3.8) is 0 Å².